The van der Waals surface area contributed by atoms with Crippen LogP contribution in [0, 0.1) is 0 Å². The van der Waals surface area contributed by atoms with Crippen LogP contribution < -0.4 is 4.74 Å². The normalized spacial score (nSPS) is 11.2. The van der Waals surface area contributed by atoms with Crippen LogP contribution in [0.4, 0.5) is 0 Å². The Balaban J connectivity index is 1.54. The molecule has 3 heterocycles. The van der Waals surface area contributed by atoms with E-state index in [4.69, 9.17) is 32.5 Å². The van der Waals surface area contributed by atoms with Crippen molar-refractivity contribution in [3.05, 3.63) is 57.3 Å². The van der Waals surface area contributed by atoms with Crippen LogP contribution in [0.15, 0.2) is 41.2 Å². The average molecular weight is 406 g/mol. The standard InChI is InChI=1S/C18H13Cl2N3O2S/c1-2-12-7-14-17(21-9-22-18(14)26-12)24-8-11-6-16(23-25-11)13-4-3-10(19)5-15(13)20/h3-7,9H,2,8H2,1H3. The first kappa shape index (κ1) is 17.3. The largest absolute Gasteiger partial charge is 0.469 e. The van der Waals surface area contributed by atoms with Gasteiger partial charge in [-0.2, -0.15) is 0 Å². The van der Waals surface area contributed by atoms with E-state index < -0.39 is 0 Å². The van der Waals surface area contributed by atoms with E-state index >= 15 is 0 Å². The van der Waals surface area contributed by atoms with Gasteiger partial charge in [0.25, 0.3) is 0 Å². The van der Waals surface area contributed by atoms with Gasteiger partial charge in [0.15, 0.2) is 12.4 Å². The Morgan fingerprint density at radius 2 is 2.04 bits per heavy atom. The number of ether oxygens (including phenoxy) is 1. The first-order chi connectivity index (χ1) is 12.6. The molecule has 5 nitrogen and oxygen atoms in total. The second-order valence-electron chi connectivity index (χ2n) is 5.56. The maximum Gasteiger partial charge on any atom is 0.225 e. The van der Waals surface area contributed by atoms with Crippen molar-refractivity contribution in [2.45, 2.75) is 20.0 Å². The van der Waals surface area contributed by atoms with E-state index in [1.54, 1.807) is 35.6 Å². The van der Waals surface area contributed by atoms with Gasteiger partial charge >= 0.3 is 0 Å². The molecule has 0 bridgehead atoms. The molecule has 0 fully saturated rings. The summed E-state index contributed by atoms with van der Waals surface area (Å²) in [6, 6.07) is 9.09. The van der Waals surface area contributed by atoms with Crippen molar-refractivity contribution in [2.75, 3.05) is 0 Å². The molecule has 0 aliphatic rings. The molecule has 8 heteroatoms. The van der Waals surface area contributed by atoms with E-state index in [1.807, 2.05) is 0 Å². The highest BCUT2D eigenvalue weighted by atomic mass is 35.5. The summed E-state index contributed by atoms with van der Waals surface area (Å²) in [5.74, 6) is 1.11. The van der Waals surface area contributed by atoms with E-state index in [2.05, 4.69) is 28.1 Å². The van der Waals surface area contributed by atoms with Gasteiger partial charge in [0, 0.05) is 21.5 Å². The van der Waals surface area contributed by atoms with Crippen LogP contribution in [0.5, 0.6) is 5.88 Å². The number of nitrogens with zero attached hydrogens (tertiary/aromatic N) is 3. The molecular formula is C18H13Cl2N3O2S. The van der Waals surface area contributed by atoms with E-state index in [0.29, 0.717) is 27.4 Å². The van der Waals surface area contributed by atoms with Gasteiger partial charge in [0.2, 0.25) is 5.88 Å². The van der Waals surface area contributed by atoms with Crippen LogP contribution in [0.25, 0.3) is 21.5 Å². The highest BCUT2D eigenvalue weighted by Gasteiger charge is 2.13. The van der Waals surface area contributed by atoms with Crippen molar-refractivity contribution in [3.63, 3.8) is 0 Å². The minimum Gasteiger partial charge on any atom is -0.469 e. The van der Waals surface area contributed by atoms with Crippen molar-refractivity contribution >= 4 is 44.8 Å². The lowest BCUT2D eigenvalue weighted by molar-refractivity contribution is 0.244. The number of aryl methyl sites for hydroxylation is 1. The predicted molar refractivity (Wildman–Crippen MR) is 103 cm³/mol. The zero-order valence-electron chi connectivity index (χ0n) is 13.7. The maximum atomic E-state index is 6.21. The molecule has 0 N–H and O–H groups in total. The second kappa shape index (κ2) is 7.23. The molecule has 0 spiro atoms. The quantitative estimate of drug-likeness (QED) is 0.420. The van der Waals surface area contributed by atoms with Gasteiger partial charge in [0.05, 0.1) is 10.4 Å². The number of fused-ring (bicyclic) bond motifs is 1. The van der Waals surface area contributed by atoms with Gasteiger partial charge in [-0.15, -0.1) is 11.3 Å². The average Bonchev–Trinajstić information content (AvgIpc) is 3.26. The van der Waals surface area contributed by atoms with E-state index in [0.717, 1.165) is 22.2 Å². The molecule has 0 aliphatic carbocycles. The van der Waals surface area contributed by atoms with Crippen LogP contribution in [-0.4, -0.2) is 15.1 Å². The van der Waals surface area contributed by atoms with Gasteiger partial charge in [-0.05, 0) is 30.7 Å². The zero-order chi connectivity index (χ0) is 18.1. The number of hydrogen-bond donors (Lipinski definition) is 0. The summed E-state index contributed by atoms with van der Waals surface area (Å²) in [5.41, 5.74) is 1.38. The van der Waals surface area contributed by atoms with Crippen molar-refractivity contribution in [1.29, 1.82) is 0 Å². The lowest BCUT2D eigenvalue weighted by Crippen LogP contribution is -1.96. The van der Waals surface area contributed by atoms with Crippen molar-refractivity contribution in [1.82, 2.24) is 15.1 Å². The Morgan fingerprint density at radius 3 is 2.85 bits per heavy atom. The minimum absolute atomic E-state index is 0.210. The summed E-state index contributed by atoms with van der Waals surface area (Å²) < 4.78 is 11.2. The highest BCUT2D eigenvalue weighted by Crippen LogP contribution is 2.32. The molecular weight excluding hydrogens is 393 g/mol. The second-order valence-corrected chi connectivity index (χ2v) is 7.51. The Kier molecular flexibility index (Phi) is 4.80. The van der Waals surface area contributed by atoms with Gasteiger partial charge in [-0.1, -0.05) is 35.3 Å². The fourth-order valence-electron chi connectivity index (χ4n) is 2.52. The molecule has 0 aliphatic heterocycles. The molecule has 0 atom stereocenters. The third-order valence-electron chi connectivity index (χ3n) is 3.81. The van der Waals surface area contributed by atoms with Crippen LogP contribution in [0.3, 0.4) is 0 Å². The molecule has 4 rings (SSSR count). The van der Waals surface area contributed by atoms with Gasteiger partial charge in [-0.3, -0.25) is 0 Å². The molecule has 0 saturated heterocycles. The highest BCUT2D eigenvalue weighted by molar-refractivity contribution is 7.18. The van der Waals surface area contributed by atoms with Gasteiger partial charge in [0.1, 0.15) is 16.9 Å². The van der Waals surface area contributed by atoms with Crippen LogP contribution in [0.2, 0.25) is 10.0 Å². The Morgan fingerprint density at radius 1 is 1.15 bits per heavy atom. The number of aromatic nitrogens is 3. The molecule has 0 saturated carbocycles. The molecule has 0 amide bonds. The number of benzene rings is 1. The fraction of sp³-hybridized carbons (Fsp3) is 0.167. The molecule has 0 radical (unpaired) electrons. The van der Waals surface area contributed by atoms with Crippen LogP contribution >= 0.6 is 34.5 Å². The van der Waals surface area contributed by atoms with E-state index in [-0.39, 0.29) is 6.61 Å². The predicted octanol–water partition coefficient (Wildman–Crippen LogP) is 5.79. The van der Waals surface area contributed by atoms with Crippen molar-refractivity contribution < 1.29 is 9.26 Å². The van der Waals surface area contributed by atoms with Crippen LogP contribution in [0.1, 0.15) is 17.6 Å². The molecule has 132 valence electrons. The first-order valence-electron chi connectivity index (χ1n) is 7.91. The Bertz CT molecular complexity index is 1080. The maximum absolute atomic E-state index is 6.21. The number of hydrogen-bond acceptors (Lipinski definition) is 6. The monoisotopic (exact) mass is 405 g/mol. The number of rotatable bonds is 5. The SMILES string of the molecule is CCc1cc2c(OCc3cc(-c4ccc(Cl)cc4Cl)no3)ncnc2s1. The zero-order valence-corrected chi connectivity index (χ0v) is 16.0. The number of thiophene rings is 1. The summed E-state index contributed by atoms with van der Waals surface area (Å²) in [5, 5.41) is 6.05. The van der Waals surface area contributed by atoms with Crippen LogP contribution in [-0.2, 0) is 13.0 Å². The Hall–Kier alpha value is -2.15. The van der Waals surface area contributed by atoms with E-state index in [9.17, 15) is 0 Å². The summed E-state index contributed by atoms with van der Waals surface area (Å²) >= 11 is 13.8. The lowest BCUT2D eigenvalue weighted by Gasteiger charge is -2.02. The lowest BCUT2D eigenvalue weighted by atomic mass is 10.1. The summed E-state index contributed by atoms with van der Waals surface area (Å²) in [6.45, 7) is 2.32. The summed E-state index contributed by atoms with van der Waals surface area (Å²) in [4.78, 5) is 10.7. The first-order valence-corrected chi connectivity index (χ1v) is 9.48. The third kappa shape index (κ3) is 3.40. The van der Waals surface area contributed by atoms with Crippen molar-refractivity contribution in [2.24, 2.45) is 0 Å². The molecule has 26 heavy (non-hydrogen) atoms. The van der Waals surface area contributed by atoms with Gasteiger partial charge in [-0.25, -0.2) is 9.97 Å². The van der Waals surface area contributed by atoms with E-state index in [1.165, 1.54) is 11.2 Å². The minimum atomic E-state index is 0.210. The topological polar surface area (TPSA) is 61.0 Å². The van der Waals surface area contributed by atoms with Crippen molar-refractivity contribution in [3.8, 4) is 17.1 Å². The molecule has 4 aromatic rings. The number of halogens is 2. The summed E-state index contributed by atoms with van der Waals surface area (Å²) in [6.07, 6.45) is 2.46. The molecule has 1 aromatic carbocycles. The summed E-state index contributed by atoms with van der Waals surface area (Å²) in [7, 11) is 0. The molecule has 3 aromatic heterocycles. The fourth-order valence-corrected chi connectivity index (χ4v) is 3.95. The smallest absolute Gasteiger partial charge is 0.225 e. The Labute approximate surface area is 163 Å². The van der Waals surface area contributed by atoms with Gasteiger partial charge < -0.3 is 9.26 Å². The molecule has 0 unspecified atom stereocenters. The third-order valence-corrected chi connectivity index (χ3v) is 5.54.